The lowest BCUT2D eigenvalue weighted by Crippen LogP contribution is -2.31. The number of nitrogens with one attached hydrogen (secondary N) is 2. The number of rotatable bonds is 4. The molecular weight excluding hydrogens is 272 g/mol. The Hall–Kier alpha value is -1.51. The van der Waals surface area contributed by atoms with Gasteiger partial charge in [-0.1, -0.05) is 71.1 Å². The Balaban J connectivity index is 1.82. The molecule has 0 saturated heterocycles. The summed E-state index contributed by atoms with van der Waals surface area (Å²) in [5.74, 6) is 0.802. The summed E-state index contributed by atoms with van der Waals surface area (Å²) in [5.41, 5.74) is 2.09. The van der Waals surface area contributed by atoms with Gasteiger partial charge in [-0.15, -0.1) is 0 Å². The molecular formula is C19H30N2O. The zero-order chi connectivity index (χ0) is 16.0. The highest BCUT2D eigenvalue weighted by atomic mass is 16.2. The third-order valence-electron chi connectivity index (χ3n) is 4.55. The fourth-order valence-corrected chi connectivity index (χ4v) is 3.28. The topological polar surface area (TPSA) is 41.1 Å². The summed E-state index contributed by atoms with van der Waals surface area (Å²) in [6.07, 6.45) is 7.86. The minimum Gasteiger partial charge on any atom is -0.338 e. The lowest BCUT2D eigenvalue weighted by molar-refractivity contribution is 0.250. The molecule has 1 fully saturated rings. The number of amides is 2. The first-order valence-electron chi connectivity index (χ1n) is 8.61. The molecule has 2 amide bonds. The van der Waals surface area contributed by atoms with E-state index in [1.165, 1.54) is 32.1 Å². The van der Waals surface area contributed by atoms with Crippen LogP contribution in [0.2, 0.25) is 0 Å². The van der Waals surface area contributed by atoms with Crippen LogP contribution in [-0.4, -0.2) is 12.6 Å². The second-order valence-corrected chi connectivity index (χ2v) is 7.47. The average molecular weight is 302 g/mol. The SMILES string of the molecule is CC(C)(C)c1ccccc1NC(=O)NCCC1CCCCC1. The third-order valence-corrected chi connectivity index (χ3v) is 4.55. The summed E-state index contributed by atoms with van der Waals surface area (Å²) in [6, 6.07) is 7.95. The second-order valence-electron chi connectivity index (χ2n) is 7.47. The van der Waals surface area contributed by atoms with E-state index in [1.54, 1.807) is 0 Å². The van der Waals surface area contributed by atoms with Gasteiger partial charge in [0.1, 0.15) is 0 Å². The van der Waals surface area contributed by atoms with Gasteiger partial charge in [-0.3, -0.25) is 0 Å². The van der Waals surface area contributed by atoms with Crippen LogP contribution in [0.3, 0.4) is 0 Å². The van der Waals surface area contributed by atoms with Crippen molar-refractivity contribution < 1.29 is 4.79 Å². The molecule has 122 valence electrons. The maximum atomic E-state index is 12.1. The zero-order valence-corrected chi connectivity index (χ0v) is 14.2. The third kappa shape index (κ3) is 5.04. The minimum atomic E-state index is -0.0903. The van der Waals surface area contributed by atoms with Crippen molar-refractivity contribution in [2.24, 2.45) is 5.92 Å². The molecule has 2 rings (SSSR count). The molecule has 22 heavy (non-hydrogen) atoms. The van der Waals surface area contributed by atoms with Crippen molar-refractivity contribution >= 4 is 11.7 Å². The zero-order valence-electron chi connectivity index (χ0n) is 14.2. The molecule has 2 N–H and O–H groups in total. The fourth-order valence-electron chi connectivity index (χ4n) is 3.28. The van der Waals surface area contributed by atoms with Crippen LogP contribution in [0.15, 0.2) is 24.3 Å². The smallest absolute Gasteiger partial charge is 0.319 e. The van der Waals surface area contributed by atoms with Crippen molar-refractivity contribution in [3.05, 3.63) is 29.8 Å². The molecule has 3 nitrogen and oxygen atoms in total. The van der Waals surface area contributed by atoms with Crippen LogP contribution in [0, 0.1) is 5.92 Å². The monoisotopic (exact) mass is 302 g/mol. The highest BCUT2D eigenvalue weighted by Crippen LogP contribution is 2.29. The van der Waals surface area contributed by atoms with Crippen LogP contribution in [0.5, 0.6) is 0 Å². The Morgan fingerprint density at radius 1 is 1.14 bits per heavy atom. The van der Waals surface area contributed by atoms with Crippen LogP contribution in [0.1, 0.15) is 64.9 Å². The summed E-state index contributed by atoms with van der Waals surface area (Å²) >= 11 is 0. The van der Waals surface area contributed by atoms with Gasteiger partial charge in [-0.2, -0.15) is 0 Å². The van der Waals surface area contributed by atoms with Gasteiger partial charge in [0.2, 0.25) is 0 Å². The second kappa shape index (κ2) is 7.66. The maximum absolute atomic E-state index is 12.1. The molecule has 0 heterocycles. The van der Waals surface area contributed by atoms with Gasteiger partial charge in [0.15, 0.2) is 0 Å². The van der Waals surface area contributed by atoms with Crippen LogP contribution >= 0.6 is 0 Å². The number of benzene rings is 1. The number of hydrogen-bond donors (Lipinski definition) is 2. The molecule has 0 aliphatic heterocycles. The van der Waals surface area contributed by atoms with E-state index in [0.717, 1.165) is 30.1 Å². The average Bonchev–Trinajstić information content (AvgIpc) is 2.48. The van der Waals surface area contributed by atoms with Gasteiger partial charge >= 0.3 is 6.03 Å². The van der Waals surface area contributed by atoms with E-state index in [0.29, 0.717) is 0 Å². The van der Waals surface area contributed by atoms with E-state index >= 15 is 0 Å². The Bertz CT molecular complexity index is 484. The van der Waals surface area contributed by atoms with Crippen molar-refractivity contribution in [2.45, 2.75) is 64.7 Å². The van der Waals surface area contributed by atoms with E-state index in [9.17, 15) is 4.79 Å². The molecule has 0 unspecified atom stereocenters. The molecule has 0 atom stereocenters. The van der Waals surface area contributed by atoms with Gasteiger partial charge in [0, 0.05) is 12.2 Å². The summed E-state index contributed by atoms with van der Waals surface area (Å²) in [4.78, 5) is 12.1. The predicted molar refractivity (Wildman–Crippen MR) is 93.4 cm³/mol. The first-order valence-corrected chi connectivity index (χ1v) is 8.61. The van der Waals surface area contributed by atoms with Gasteiger partial charge in [-0.05, 0) is 29.4 Å². The number of carbonyl (C=O) groups excluding carboxylic acids is 1. The fraction of sp³-hybridized carbons (Fsp3) is 0.632. The van der Waals surface area contributed by atoms with Gasteiger partial charge < -0.3 is 10.6 Å². The first kappa shape index (κ1) is 16.9. The van der Waals surface area contributed by atoms with Crippen LogP contribution in [-0.2, 0) is 5.41 Å². The molecule has 0 radical (unpaired) electrons. The van der Waals surface area contributed by atoms with E-state index in [4.69, 9.17) is 0 Å². The largest absolute Gasteiger partial charge is 0.338 e. The van der Waals surface area contributed by atoms with Crippen molar-refractivity contribution in [1.29, 1.82) is 0 Å². The first-order chi connectivity index (χ1) is 10.5. The number of carbonyl (C=O) groups is 1. The van der Waals surface area contributed by atoms with E-state index < -0.39 is 0 Å². The lowest BCUT2D eigenvalue weighted by atomic mass is 9.86. The Labute approximate surface area is 134 Å². The Morgan fingerprint density at radius 3 is 2.50 bits per heavy atom. The summed E-state index contributed by atoms with van der Waals surface area (Å²) in [5, 5.41) is 6.01. The van der Waals surface area contributed by atoms with Crippen molar-refractivity contribution in [2.75, 3.05) is 11.9 Å². The number of hydrogen-bond acceptors (Lipinski definition) is 1. The van der Waals surface area contributed by atoms with E-state index in [2.05, 4.69) is 37.5 Å². The summed E-state index contributed by atoms with van der Waals surface area (Å²) < 4.78 is 0. The summed E-state index contributed by atoms with van der Waals surface area (Å²) in [6.45, 7) is 7.26. The molecule has 1 aliphatic rings. The molecule has 0 aromatic heterocycles. The molecule has 1 aliphatic carbocycles. The van der Waals surface area contributed by atoms with Gasteiger partial charge in [0.25, 0.3) is 0 Å². The molecule has 0 bridgehead atoms. The number of para-hydroxylation sites is 1. The number of anilines is 1. The standard InChI is InChI=1S/C19H30N2O/c1-19(2,3)16-11-7-8-12-17(16)21-18(22)20-14-13-15-9-5-4-6-10-15/h7-8,11-12,15H,4-6,9-10,13-14H2,1-3H3,(H2,20,21,22). The van der Waals surface area contributed by atoms with Crippen molar-refractivity contribution in [1.82, 2.24) is 5.32 Å². The molecule has 1 saturated carbocycles. The quantitative estimate of drug-likeness (QED) is 0.800. The molecule has 1 aromatic rings. The lowest BCUT2D eigenvalue weighted by Gasteiger charge is -2.23. The maximum Gasteiger partial charge on any atom is 0.319 e. The highest BCUT2D eigenvalue weighted by molar-refractivity contribution is 5.90. The van der Waals surface area contributed by atoms with E-state index in [-0.39, 0.29) is 11.4 Å². The van der Waals surface area contributed by atoms with Gasteiger partial charge in [0.05, 0.1) is 0 Å². The molecule has 3 heteroatoms. The van der Waals surface area contributed by atoms with Crippen molar-refractivity contribution in [3.63, 3.8) is 0 Å². The van der Waals surface area contributed by atoms with Gasteiger partial charge in [-0.25, -0.2) is 4.79 Å². The minimum absolute atomic E-state index is 0.0198. The normalized spacial score (nSPS) is 16.3. The van der Waals surface area contributed by atoms with Crippen molar-refractivity contribution in [3.8, 4) is 0 Å². The van der Waals surface area contributed by atoms with Crippen LogP contribution in [0.25, 0.3) is 0 Å². The Kier molecular flexibility index (Phi) is 5.87. The van der Waals surface area contributed by atoms with Crippen LogP contribution in [0.4, 0.5) is 10.5 Å². The van der Waals surface area contributed by atoms with E-state index in [1.807, 2.05) is 18.2 Å². The summed E-state index contributed by atoms with van der Waals surface area (Å²) in [7, 11) is 0. The Morgan fingerprint density at radius 2 is 1.82 bits per heavy atom. The van der Waals surface area contributed by atoms with Crippen LogP contribution < -0.4 is 10.6 Å². The highest BCUT2D eigenvalue weighted by Gasteiger charge is 2.18. The number of urea groups is 1. The molecule has 1 aromatic carbocycles. The predicted octanol–water partition coefficient (Wildman–Crippen LogP) is 5.08. The molecule has 0 spiro atoms.